The highest BCUT2D eigenvalue weighted by Crippen LogP contribution is 2.29. The first-order valence-electron chi connectivity index (χ1n) is 6.41. The minimum absolute atomic E-state index is 0.415. The molecule has 3 aromatic rings. The number of oxazole rings is 1. The second-order valence-corrected chi connectivity index (χ2v) is 4.30. The van der Waals surface area contributed by atoms with Crippen LogP contribution in [0.3, 0.4) is 0 Å². The van der Waals surface area contributed by atoms with Gasteiger partial charge in [-0.3, -0.25) is 0 Å². The van der Waals surface area contributed by atoms with Crippen LogP contribution in [0.1, 0.15) is 6.92 Å². The molecule has 0 aliphatic rings. The van der Waals surface area contributed by atoms with Gasteiger partial charge in [-0.2, -0.15) is 4.98 Å². The minimum atomic E-state index is 0.415. The van der Waals surface area contributed by atoms with E-state index in [0.29, 0.717) is 23.9 Å². The van der Waals surface area contributed by atoms with Crippen molar-refractivity contribution in [3.63, 3.8) is 0 Å². The average molecular weight is 269 g/mol. The molecule has 102 valence electrons. The molecule has 0 spiro atoms. The Hall–Kier alpha value is -2.69. The van der Waals surface area contributed by atoms with Gasteiger partial charge in [-0.25, -0.2) is 0 Å². The van der Waals surface area contributed by atoms with Crippen LogP contribution < -0.4 is 15.8 Å². The molecule has 1 heterocycles. The zero-order valence-electron chi connectivity index (χ0n) is 11.1. The van der Waals surface area contributed by atoms with Crippen molar-refractivity contribution >= 4 is 28.5 Å². The van der Waals surface area contributed by atoms with Crippen LogP contribution in [-0.4, -0.2) is 11.6 Å². The maximum atomic E-state index is 5.73. The highest BCUT2D eigenvalue weighted by molar-refractivity contribution is 5.79. The third kappa shape index (κ3) is 2.38. The zero-order chi connectivity index (χ0) is 13.9. The highest BCUT2D eigenvalue weighted by Gasteiger charge is 2.09. The second kappa shape index (κ2) is 5.13. The number of nitrogens with one attached hydrogen (secondary N) is 1. The number of para-hydroxylation sites is 2. The lowest BCUT2D eigenvalue weighted by Gasteiger charge is -2.09. The van der Waals surface area contributed by atoms with Gasteiger partial charge in [0.15, 0.2) is 5.58 Å². The summed E-state index contributed by atoms with van der Waals surface area (Å²) in [6, 6.07) is 13.4. The van der Waals surface area contributed by atoms with Crippen LogP contribution in [0.2, 0.25) is 0 Å². The molecule has 0 aliphatic heterocycles. The number of nitrogen functional groups attached to an aromatic ring is 1. The summed E-state index contributed by atoms with van der Waals surface area (Å²) < 4.78 is 11.2. The molecule has 5 heteroatoms. The quantitative estimate of drug-likeness (QED) is 0.708. The second-order valence-electron chi connectivity index (χ2n) is 4.30. The van der Waals surface area contributed by atoms with Crippen molar-refractivity contribution < 1.29 is 9.15 Å². The summed E-state index contributed by atoms with van der Waals surface area (Å²) in [5, 5.41) is 3.12. The van der Waals surface area contributed by atoms with Crippen LogP contribution in [0, 0.1) is 0 Å². The average Bonchev–Trinajstić information content (AvgIpc) is 2.82. The van der Waals surface area contributed by atoms with Gasteiger partial charge in [0.05, 0.1) is 12.3 Å². The number of ether oxygens (including phenoxy) is 1. The van der Waals surface area contributed by atoms with Crippen molar-refractivity contribution in [3.8, 4) is 5.75 Å². The molecule has 0 saturated carbocycles. The SMILES string of the molecule is CCOc1ccccc1Nc1nc2cc(N)ccc2o1. The topological polar surface area (TPSA) is 73.3 Å². The maximum Gasteiger partial charge on any atom is 0.300 e. The van der Waals surface area contributed by atoms with Crippen LogP contribution in [-0.2, 0) is 0 Å². The van der Waals surface area contributed by atoms with E-state index in [4.69, 9.17) is 14.9 Å². The van der Waals surface area contributed by atoms with Crippen LogP contribution in [0.5, 0.6) is 5.75 Å². The predicted octanol–water partition coefficient (Wildman–Crippen LogP) is 3.55. The first-order valence-corrected chi connectivity index (χ1v) is 6.41. The van der Waals surface area contributed by atoms with E-state index in [1.54, 1.807) is 18.2 Å². The lowest BCUT2D eigenvalue weighted by molar-refractivity contribution is 0.342. The van der Waals surface area contributed by atoms with Gasteiger partial charge in [0.25, 0.3) is 6.01 Å². The van der Waals surface area contributed by atoms with Crippen molar-refractivity contribution in [1.82, 2.24) is 4.98 Å². The predicted molar refractivity (Wildman–Crippen MR) is 79.3 cm³/mol. The molecular weight excluding hydrogens is 254 g/mol. The minimum Gasteiger partial charge on any atom is -0.492 e. The molecule has 1 aromatic heterocycles. The van der Waals surface area contributed by atoms with E-state index in [-0.39, 0.29) is 0 Å². The molecule has 0 aliphatic carbocycles. The van der Waals surface area contributed by atoms with E-state index in [0.717, 1.165) is 17.0 Å². The van der Waals surface area contributed by atoms with Gasteiger partial charge in [-0.15, -0.1) is 0 Å². The van der Waals surface area contributed by atoms with E-state index in [1.807, 2.05) is 31.2 Å². The number of fused-ring (bicyclic) bond motifs is 1. The Kier molecular flexibility index (Phi) is 3.16. The van der Waals surface area contributed by atoms with E-state index >= 15 is 0 Å². The Labute approximate surface area is 116 Å². The van der Waals surface area contributed by atoms with Gasteiger partial charge in [0, 0.05) is 5.69 Å². The smallest absolute Gasteiger partial charge is 0.300 e. The van der Waals surface area contributed by atoms with E-state index in [9.17, 15) is 0 Å². The fourth-order valence-corrected chi connectivity index (χ4v) is 1.96. The number of aromatic nitrogens is 1. The van der Waals surface area contributed by atoms with Crippen molar-refractivity contribution in [2.24, 2.45) is 0 Å². The lowest BCUT2D eigenvalue weighted by Crippen LogP contribution is -1.97. The van der Waals surface area contributed by atoms with Gasteiger partial charge in [0.1, 0.15) is 11.3 Å². The molecule has 3 rings (SSSR count). The van der Waals surface area contributed by atoms with E-state index in [2.05, 4.69) is 10.3 Å². The number of benzene rings is 2. The molecule has 0 fully saturated rings. The Morgan fingerprint density at radius 3 is 2.95 bits per heavy atom. The van der Waals surface area contributed by atoms with E-state index in [1.165, 1.54) is 0 Å². The monoisotopic (exact) mass is 269 g/mol. The molecule has 0 atom stereocenters. The summed E-state index contributed by atoms with van der Waals surface area (Å²) >= 11 is 0. The van der Waals surface area contributed by atoms with Crippen molar-refractivity contribution in [1.29, 1.82) is 0 Å². The largest absolute Gasteiger partial charge is 0.492 e. The molecular formula is C15H15N3O2. The molecule has 5 nitrogen and oxygen atoms in total. The summed E-state index contributed by atoms with van der Waals surface area (Å²) in [4.78, 5) is 4.36. The van der Waals surface area contributed by atoms with Gasteiger partial charge in [-0.1, -0.05) is 12.1 Å². The Balaban J connectivity index is 1.93. The van der Waals surface area contributed by atoms with Gasteiger partial charge in [-0.05, 0) is 37.3 Å². The van der Waals surface area contributed by atoms with Gasteiger partial charge < -0.3 is 20.2 Å². The lowest BCUT2D eigenvalue weighted by atomic mass is 10.3. The third-order valence-corrected chi connectivity index (χ3v) is 2.84. The van der Waals surface area contributed by atoms with Crippen LogP contribution in [0.4, 0.5) is 17.4 Å². The van der Waals surface area contributed by atoms with Crippen LogP contribution >= 0.6 is 0 Å². The van der Waals surface area contributed by atoms with Crippen molar-refractivity contribution in [2.45, 2.75) is 6.92 Å². The number of rotatable bonds is 4. The molecule has 0 saturated heterocycles. The number of hydrogen-bond acceptors (Lipinski definition) is 5. The fourth-order valence-electron chi connectivity index (χ4n) is 1.96. The Morgan fingerprint density at radius 1 is 1.25 bits per heavy atom. The Bertz CT molecular complexity index is 737. The van der Waals surface area contributed by atoms with Crippen molar-refractivity contribution in [3.05, 3.63) is 42.5 Å². The molecule has 20 heavy (non-hydrogen) atoms. The zero-order valence-corrected chi connectivity index (χ0v) is 11.1. The Morgan fingerprint density at radius 2 is 2.10 bits per heavy atom. The number of anilines is 3. The first kappa shape index (κ1) is 12.3. The third-order valence-electron chi connectivity index (χ3n) is 2.84. The maximum absolute atomic E-state index is 5.73. The molecule has 0 bridgehead atoms. The van der Waals surface area contributed by atoms with Gasteiger partial charge >= 0.3 is 0 Å². The standard InChI is InChI=1S/C15H15N3O2/c1-2-19-13-6-4-3-5-11(13)17-15-18-12-9-10(16)7-8-14(12)20-15/h3-9H,2,16H2,1H3,(H,17,18). The summed E-state index contributed by atoms with van der Waals surface area (Å²) in [7, 11) is 0. The summed E-state index contributed by atoms with van der Waals surface area (Å²) in [6.07, 6.45) is 0. The van der Waals surface area contributed by atoms with Crippen molar-refractivity contribution in [2.75, 3.05) is 17.7 Å². The molecule has 0 unspecified atom stereocenters. The fraction of sp³-hybridized carbons (Fsp3) is 0.133. The van der Waals surface area contributed by atoms with Gasteiger partial charge in [0.2, 0.25) is 0 Å². The molecule has 0 amide bonds. The highest BCUT2D eigenvalue weighted by atomic mass is 16.5. The molecule has 3 N–H and O–H groups in total. The summed E-state index contributed by atoms with van der Waals surface area (Å²) in [5.41, 5.74) is 8.61. The number of nitrogens with two attached hydrogens (primary N) is 1. The van der Waals surface area contributed by atoms with E-state index < -0.39 is 0 Å². The summed E-state index contributed by atoms with van der Waals surface area (Å²) in [5.74, 6) is 0.761. The van der Waals surface area contributed by atoms with Crippen LogP contribution in [0.15, 0.2) is 46.9 Å². The normalized spacial score (nSPS) is 10.7. The van der Waals surface area contributed by atoms with Crippen LogP contribution in [0.25, 0.3) is 11.1 Å². The first-order chi connectivity index (χ1) is 9.76. The molecule has 2 aromatic carbocycles. The number of nitrogens with zero attached hydrogens (tertiary/aromatic N) is 1. The molecule has 0 radical (unpaired) electrons. The number of hydrogen-bond donors (Lipinski definition) is 2. The summed E-state index contributed by atoms with van der Waals surface area (Å²) in [6.45, 7) is 2.54.